The topological polar surface area (TPSA) is 24.5 Å². The van der Waals surface area contributed by atoms with E-state index in [0.29, 0.717) is 12.0 Å². The molecule has 21 heavy (non-hydrogen) atoms. The number of hydrogen-bond donors (Lipinski definition) is 1. The maximum Gasteiger partial charge on any atom is 0.0674 e. The second-order valence-electron chi connectivity index (χ2n) is 6.74. The van der Waals surface area contributed by atoms with Crippen LogP contribution in [0, 0.1) is 0 Å². The fourth-order valence-electron chi connectivity index (χ4n) is 2.99. The SMILES string of the molecule is CC1CN(Cc2ccc(C(C)CNC3CC3)cc2)CCO1. The summed E-state index contributed by atoms with van der Waals surface area (Å²) in [7, 11) is 0. The summed E-state index contributed by atoms with van der Waals surface area (Å²) >= 11 is 0. The largest absolute Gasteiger partial charge is 0.376 e. The van der Waals surface area contributed by atoms with Crippen molar-refractivity contribution in [2.24, 2.45) is 0 Å². The van der Waals surface area contributed by atoms with Crippen molar-refractivity contribution in [3.63, 3.8) is 0 Å². The molecule has 3 heteroatoms. The van der Waals surface area contributed by atoms with Crippen LogP contribution in [0.3, 0.4) is 0 Å². The van der Waals surface area contributed by atoms with E-state index in [1.807, 2.05) is 0 Å². The molecule has 1 aliphatic carbocycles. The summed E-state index contributed by atoms with van der Waals surface area (Å²) in [6.07, 6.45) is 3.10. The van der Waals surface area contributed by atoms with Crippen molar-refractivity contribution in [1.29, 1.82) is 0 Å². The first kappa shape index (κ1) is 15.0. The van der Waals surface area contributed by atoms with Crippen molar-refractivity contribution < 1.29 is 4.74 Å². The monoisotopic (exact) mass is 288 g/mol. The van der Waals surface area contributed by atoms with Gasteiger partial charge in [-0.2, -0.15) is 0 Å². The van der Waals surface area contributed by atoms with E-state index in [2.05, 4.69) is 48.3 Å². The Morgan fingerprint density at radius 2 is 2.05 bits per heavy atom. The molecule has 2 fully saturated rings. The highest BCUT2D eigenvalue weighted by molar-refractivity contribution is 5.25. The van der Waals surface area contributed by atoms with Crippen LogP contribution in [-0.4, -0.2) is 43.3 Å². The molecule has 1 N–H and O–H groups in total. The summed E-state index contributed by atoms with van der Waals surface area (Å²) in [4.78, 5) is 2.49. The third kappa shape index (κ3) is 4.53. The molecule has 0 spiro atoms. The minimum absolute atomic E-state index is 0.367. The molecule has 1 aliphatic heterocycles. The minimum Gasteiger partial charge on any atom is -0.376 e. The number of morpholine rings is 1. The quantitative estimate of drug-likeness (QED) is 0.871. The molecule has 1 heterocycles. The van der Waals surface area contributed by atoms with Gasteiger partial charge >= 0.3 is 0 Å². The normalized spacial score (nSPS) is 25.0. The lowest BCUT2D eigenvalue weighted by molar-refractivity contribution is -0.0212. The number of nitrogens with zero attached hydrogens (tertiary/aromatic N) is 1. The van der Waals surface area contributed by atoms with Crippen LogP contribution in [0.2, 0.25) is 0 Å². The van der Waals surface area contributed by atoms with Crippen molar-refractivity contribution >= 4 is 0 Å². The second-order valence-corrected chi connectivity index (χ2v) is 6.74. The molecule has 2 aliphatic rings. The summed E-state index contributed by atoms with van der Waals surface area (Å²) in [5.41, 5.74) is 2.86. The van der Waals surface area contributed by atoms with Crippen LogP contribution in [0.25, 0.3) is 0 Å². The first-order chi connectivity index (χ1) is 10.2. The van der Waals surface area contributed by atoms with Crippen LogP contribution in [0.4, 0.5) is 0 Å². The Hall–Kier alpha value is -0.900. The predicted octanol–water partition coefficient (Wildman–Crippen LogP) is 2.76. The highest BCUT2D eigenvalue weighted by Crippen LogP contribution is 2.21. The van der Waals surface area contributed by atoms with E-state index >= 15 is 0 Å². The predicted molar refractivity (Wildman–Crippen MR) is 86.6 cm³/mol. The summed E-state index contributed by atoms with van der Waals surface area (Å²) in [5, 5.41) is 3.62. The Morgan fingerprint density at radius 1 is 1.29 bits per heavy atom. The van der Waals surface area contributed by atoms with Crippen LogP contribution in [-0.2, 0) is 11.3 Å². The van der Waals surface area contributed by atoms with Gasteiger partial charge in [-0.3, -0.25) is 4.90 Å². The molecule has 3 rings (SSSR count). The fourth-order valence-corrected chi connectivity index (χ4v) is 2.99. The van der Waals surface area contributed by atoms with Crippen molar-refractivity contribution in [1.82, 2.24) is 10.2 Å². The molecular weight excluding hydrogens is 260 g/mol. The lowest BCUT2D eigenvalue weighted by Crippen LogP contribution is -2.40. The average Bonchev–Trinajstić information content (AvgIpc) is 3.30. The van der Waals surface area contributed by atoms with E-state index in [0.717, 1.165) is 38.8 Å². The molecule has 116 valence electrons. The average molecular weight is 288 g/mol. The second kappa shape index (κ2) is 6.91. The zero-order chi connectivity index (χ0) is 14.7. The van der Waals surface area contributed by atoms with E-state index in [4.69, 9.17) is 4.74 Å². The molecule has 0 bridgehead atoms. The van der Waals surface area contributed by atoms with Gasteiger partial charge in [-0.15, -0.1) is 0 Å². The zero-order valence-electron chi connectivity index (χ0n) is 13.3. The van der Waals surface area contributed by atoms with Crippen molar-refractivity contribution in [2.45, 2.75) is 51.3 Å². The van der Waals surface area contributed by atoms with Crippen molar-refractivity contribution in [2.75, 3.05) is 26.2 Å². The zero-order valence-corrected chi connectivity index (χ0v) is 13.3. The standard InChI is InChI=1S/C18H28N2O/c1-14(11-19-18-7-8-18)17-5-3-16(4-6-17)13-20-9-10-21-15(2)12-20/h3-6,14-15,18-19H,7-13H2,1-2H3. The minimum atomic E-state index is 0.367. The first-order valence-electron chi connectivity index (χ1n) is 8.37. The van der Waals surface area contributed by atoms with Gasteiger partial charge in [0.15, 0.2) is 0 Å². The van der Waals surface area contributed by atoms with Gasteiger partial charge < -0.3 is 10.1 Å². The number of hydrogen-bond acceptors (Lipinski definition) is 3. The molecule has 0 amide bonds. The maximum absolute atomic E-state index is 5.60. The Bertz CT molecular complexity index is 441. The lowest BCUT2D eigenvalue weighted by Gasteiger charge is -2.31. The van der Waals surface area contributed by atoms with Crippen molar-refractivity contribution in [3.8, 4) is 0 Å². The third-order valence-electron chi connectivity index (χ3n) is 4.57. The van der Waals surface area contributed by atoms with Crippen LogP contribution in [0.5, 0.6) is 0 Å². The third-order valence-corrected chi connectivity index (χ3v) is 4.57. The number of rotatable bonds is 6. The lowest BCUT2D eigenvalue weighted by atomic mass is 9.99. The highest BCUT2D eigenvalue weighted by atomic mass is 16.5. The van der Waals surface area contributed by atoms with Gasteiger partial charge in [0.25, 0.3) is 0 Å². The molecule has 1 saturated carbocycles. The summed E-state index contributed by atoms with van der Waals surface area (Å²) in [6, 6.07) is 10.00. The first-order valence-corrected chi connectivity index (χ1v) is 8.37. The fraction of sp³-hybridized carbons (Fsp3) is 0.667. The van der Waals surface area contributed by atoms with Gasteiger partial charge in [-0.1, -0.05) is 31.2 Å². The summed E-state index contributed by atoms with van der Waals surface area (Å²) < 4.78 is 5.60. The van der Waals surface area contributed by atoms with Gasteiger partial charge in [0.1, 0.15) is 0 Å². The molecule has 2 atom stereocenters. The molecule has 0 aromatic heterocycles. The summed E-state index contributed by atoms with van der Waals surface area (Å²) in [5.74, 6) is 0.600. The van der Waals surface area contributed by atoms with Gasteiger partial charge in [-0.05, 0) is 36.8 Å². The van der Waals surface area contributed by atoms with Crippen LogP contribution in [0.1, 0.15) is 43.7 Å². The number of nitrogens with one attached hydrogen (secondary N) is 1. The number of ether oxygens (including phenoxy) is 1. The molecule has 1 saturated heterocycles. The van der Waals surface area contributed by atoms with Crippen LogP contribution >= 0.6 is 0 Å². The van der Waals surface area contributed by atoms with Gasteiger partial charge in [0.05, 0.1) is 12.7 Å². The molecule has 1 aromatic rings. The van der Waals surface area contributed by atoms with Gasteiger partial charge in [0, 0.05) is 32.2 Å². The van der Waals surface area contributed by atoms with Crippen LogP contribution in [0.15, 0.2) is 24.3 Å². The van der Waals surface area contributed by atoms with E-state index in [-0.39, 0.29) is 0 Å². The van der Waals surface area contributed by atoms with Crippen molar-refractivity contribution in [3.05, 3.63) is 35.4 Å². The highest BCUT2D eigenvalue weighted by Gasteiger charge is 2.21. The van der Waals surface area contributed by atoms with E-state index in [1.54, 1.807) is 0 Å². The molecule has 1 aromatic carbocycles. The molecule has 0 radical (unpaired) electrons. The smallest absolute Gasteiger partial charge is 0.0674 e. The Kier molecular flexibility index (Phi) is 4.94. The van der Waals surface area contributed by atoms with E-state index < -0.39 is 0 Å². The molecule has 2 unspecified atom stereocenters. The molecule has 3 nitrogen and oxygen atoms in total. The summed E-state index contributed by atoms with van der Waals surface area (Å²) in [6.45, 7) is 9.58. The van der Waals surface area contributed by atoms with Crippen LogP contribution < -0.4 is 5.32 Å². The van der Waals surface area contributed by atoms with E-state index in [9.17, 15) is 0 Å². The maximum atomic E-state index is 5.60. The van der Waals surface area contributed by atoms with Gasteiger partial charge in [0.2, 0.25) is 0 Å². The Balaban J connectivity index is 1.50. The Morgan fingerprint density at radius 3 is 2.71 bits per heavy atom. The number of benzene rings is 1. The Labute approximate surface area is 128 Å². The molecular formula is C18H28N2O. The van der Waals surface area contributed by atoms with E-state index in [1.165, 1.54) is 24.0 Å². The van der Waals surface area contributed by atoms with Gasteiger partial charge in [-0.25, -0.2) is 0 Å².